The molecule has 0 amide bonds. The Morgan fingerprint density at radius 3 is 2.52 bits per heavy atom. The molecule has 1 aromatic carbocycles. The van der Waals surface area contributed by atoms with Crippen molar-refractivity contribution in [2.45, 2.75) is 32.2 Å². The normalized spacial score (nSPS) is 12.2. The molecule has 0 radical (unpaired) electrons. The van der Waals surface area contributed by atoms with Crippen molar-refractivity contribution in [3.63, 3.8) is 0 Å². The van der Waals surface area contributed by atoms with Crippen LogP contribution in [0.25, 0.3) is 0 Å². The van der Waals surface area contributed by atoms with Crippen molar-refractivity contribution in [2.75, 3.05) is 18.8 Å². The van der Waals surface area contributed by atoms with Crippen LogP contribution in [0.1, 0.15) is 24.3 Å². The molecule has 8 heteroatoms. The zero-order valence-electron chi connectivity index (χ0n) is 14.7. The van der Waals surface area contributed by atoms with Gasteiger partial charge in [-0.3, -0.25) is 0 Å². The first-order chi connectivity index (χ1) is 11.9. The van der Waals surface area contributed by atoms with E-state index >= 15 is 0 Å². The Balaban J connectivity index is 1.94. The van der Waals surface area contributed by atoms with Gasteiger partial charge in [-0.25, -0.2) is 18.4 Å². The Morgan fingerprint density at radius 1 is 1.20 bits per heavy atom. The summed E-state index contributed by atoms with van der Waals surface area (Å²) in [7, 11) is -3.32. The van der Waals surface area contributed by atoms with Crippen LogP contribution < -0.4 is 10.6 Å². The average Bonchev–Trinajstić information content (AvgIpc) is 2.91. The van der Waals surface area contributed by atoms with Gasteiger partial charge in [-0.05, 0) is 32.9 Å². The lowest BCUT2D eigenvalue weighted by Gasteiger charge is -2.11. The number of nitrogens with zero attached hydrogens (tertiary/aromatic N) is 2. The smallest absolute Gasteiger partial charge is 0.216 e. The molecule has 0 aliphatic heterocycles. The number of rotatable bonds is 7. The minimum absolute atomic E-state index is 0.0152. The van der Waals surface area contributed by atoms with Crippen LogP contribution in [-0.2, 0) is 16.4 Å². The van der Waals surface area contributed by atoms with Crippen molar-refractivity contribution >= 4 is 15.8 Å². The lowest BCUT2D eigenvalue weighted by atomic mass is 10.4. The van der Waals surface area contributed by atoms with Crippen LogP contribution in [0.2, 0.25) is 0 Å². The van der Waals surface area contributed by atoms with Gasteiger partial charge < -0.3 is 15.1 Å². The molecular formula is C17H24N4O3S. The number of oxazole rings is 1. The van der Waals surface area contributed by atoms with Gasteiger partial charge in [0, 0.05) is 13.1 Å². The van der Waals surface area contributed by atoms with E-state index in [4.69, 9.17) is 4.42 Å². The molecule has 0 aliphatic rings. The molecule has 0 spiro atoms. The Bertz CT molecular complexity index is 794. The highest BCUT2D eigenvalue weighted by molar-refractivity contribution is 7.91. The number of sulfone groups is 1. The van der Waals surface area contributed by atoms with Gasteiger partial charge in [-0.2, -0.15) is 0 Å². The van der Waals surface area contributed by atoms with Gasteiger partial charge in [-0.1, -0.05) is 18.2 Å². The SMILES string of the molecule is CCNC(=NCc1nc(C)c(C)o1)NCCS(=O)(=O)c1ccccc1. The molecule has 0 unspecified atom stereocenters. The number of hydrogen-bond donors (Lipinski definition) is 2. The van der Waals surface area contributed by atoms with E-state index in [-0.39, 0.29) is 18.8 Å². The number of aliphatic imine (C=N–C) groups is 1. The number of aromatic nitrogens is 1. The lowest BCUT2D eigenvalue weighted by molar-refractivity contribution is 0.473. The molecule has 2 rings (SSSR count). The summed E-state index contributed by atoms with van der Waals surface area (Å²) in [5.41, 5.74) is 0.845. The topological polar surface area (TPSA) is 96.6 Å². The highest BCUT2D eigenvalue weighted by Gasteiger charge is 2.13. The van der Waals surface area contributed by atoms with Gasteiger partial charge in [0.15, 0.2) is 15.8 Å². The molecule has 0 saturated carbocycles. The second-order valence-electron chi connectivity index (χ2n) is 5.50. The van der Waals surface area contributed by atoms with E-state index in [1.54, 1.807) is 30.3 Å². The molecule has 1 aromatic heterocycles. The molecule has 25 heavy (non-hydrogen) atoms. The molecular weight excluding hydrogens is 340 g/mol. The molecule has 0 atom stereocenters. The van der Waals surface area contributed by atoms with Crippen molar-refractivity contribution in [1.29, 1.82) is 0 Å². The molecule has 0 aliphatic carbocycles. The van der Waals surface area contributed by atoms with Gasteiger partial charge >= 0.3 is 0 Å². The summed E-state index contributed by atoms with van der Waals surface area (Å²) in [5, 5.41) is 6.10. The third kappa shape index (κ3) is 5.60. The second kappa shape index (κ2) is 8.66. The largest absolute Gasteiger partial charge is 0.444 e. The van der Waals surface area contributed by atoms with Gasteiger partial charge in [0.2, 0.25) is 5.89 Å². The van der Waals surface area contributed by atoms with E-state index < -0.39 is 9.84 Å². The van der Waals surface area contributed by atoms with E-state index in [9.17, 15) is 8.42 Å². The second-order valence-corrected chi connectivity index (χ2v) is 7.61. The predicted molar refractivity (Wildman–Crippen MR) is 97.3 cm³/mol. The average molecular weight is 364 g/mol. The molecule has 0 bridgehead atoms. The number of guanidine groups is 1. The van der Waals surface area contributed by atoms with Gasteiger partial charge in [0.05, 0.1) is 16.3 Å². The van der Waals surface area contributed by atoms with E-state index in [2.05, 4.69) is 20.6 Å². The zero-order valence-corrected chi connectivity index (χ0v) is 15.6. The fourth-order valence-electron chi connectivity index (χ4n) is 2.14. The van der Waals surface area contributed by atoms with Gasteiger partial charge in [-0.15, -0.1) is 0 Å². The Hall–Kier alpha value is -2.35. The minimum Gasteiger partial charge on any atom is -0.444 e. The van der Waals surface area contributed by atoms with Crippen molar-refractivity contribution in [3.05, 3.63) is 47.7 Å². The first-order valence-corrected chi connectivity index (χ1v) is 9.80. The third-order valence-corrected chi connectivity index (χ3v) is 5.29. The molecule has 2 aromatic rings. The molecule has 136 valence electrons. The summed E-state index contributed by atoms with van der Waals surface area (Å²) >= 11 is 0. The van der Waals surface area contributed by atoms with Crippen LogP contribution in [0.3, 0.4) is 0 Å². The highest BCUT2D eigenvalue weighted by atomic mass is 32.2. The third-order valence-electron chi connectivity index (χ3n) is 3.56. The summed E-state index contributed by atoms with van der Waals surface area (Å²) in [6.07, 6.45) is 0. The first-order valence-electron chi connectivity index (χ1n) is 8.15. The molecule has 2 N–H and O–H groups in total. The fourth-order valence-corrected chi connectivity index (χ4v) is 3.32. The Morgan fingerprint density at radius 2 is 1.92 bits per heavy atom. The Labute approximate surface area is 148 Å². The standard InChI is InChI=1S/C17H24N4O3S/c1-4-18-17(20-12-16-21-13(2)14(3)24-16)19-10-11-25(22,23)15-8-6-5-7-9-15/h5-9H,4,10-12H2,1-3H3,(H2,18,19,20). The van der Waals surface area contributed by atoms with Crippen LogP contribution in [0.5, 0.6) is 0 Å². The number of nitrogens with one attached hydrogen (secondary N) is 2. The Kier molecular flexibility index (Phi) is 6.58. The van der Waals surface area contributed by atoms with E-state index in [0.29, 0.717) is 23.3 Å². The zero-order chi connectivity index (χ0) is 18.3. The van der Waals surface area contributed by atoms with Gasteiger partial charge in [0.1, 0.15) is 12.3 Å². The van der Waals surface area contributed by atoms with Crippen molar-refractivity contribution in [2.24, 2.45) is 4.99 Å². The van der Waals surface area contributed by atoms with Crippen molar-refractivity contribution < 1.29 is 12.8 Å². The molecule has 1 heterocycles. The number of aryl methyl sites for hydroxylation is 2. The predicted octanol–water partition coefficient (Wildman–Crippen LogP) is 1.82. The summed E-state index contributed by atoms with van der Waals surface area (Å²) in [4.78, 5) is 8.97. The summed E-state index contributed by atoms with van der Waals surface area (Å²) in [5.74, 6) is 1.82. The van der Waals surface area contributed by atoms with Crippen LogP contribution in [0.15, 0.2) is 44.6 Å². The summed E-state index contributed by atoms with van der Waals surface area (Å²) in [6, 6.07) is 8.42. The number of benzene rings is 1. The minimum atomic E-state index is -3.32. The van der Waals surface area contributed by atoms with Crippen molar-refractivity contribution in [3.8, 4) is 0 Å². The van der Waals surface area contributed by atoms with Crippen LogP contribution in [0, 0.1) is 13.8 Å². The van der Waals surface area contributed by atoms with Crippen LogP contribution >= 0.6 is 0 Å². The fraction of sp³-hybridized carbons (Fsp3) is 0.412. The molecule has 7 nitrogen and oxygen atoms in total. The van der Waals surface area contributed by atoms with E-state index in [1.165, 1.54) is 0 Å². The van der Waals surface area contributed by atoms with Crippen molar-refractivity contribution in [1.82, 2.24) is 15.6 Å². The highest BCUT2D eigenvalue weighted by Crippen LogP contribution is 2.10. The van der Waals surface area contributed by atoms with E-state index in [1.807, 2.05) is 20.8 Å². The first kappa shape index (κ1) is 19.0. The molecule has 0 saturated heterocycles. The lowest BCUT2D eigenvalue weighted by Crippen LogP contribution is -2.39. The maximum absolute atomic E-state index is 12.3. The summed E-state index contributed by atoms with van der Waals surface area (Å²) < 4.78 is 30.0. The van der Waals surface area contributed by atoms with E-state index in [0.717, 1.165) is 11.5 Å². The summed E-state index contributed by atoms with van der Waals surface area (Å²) in [6.45, 7) is 6.89. The van der Waals surface area contributed by atoms with Crippen LogP contribution in [-0.4, -0.2) is 38.2 Å². The quantitative estimate of drug-likeness (QED) is 0.575. The maximum Gasteiger partial charge on any atom is 0.216 e. The molecule has 0 fully saturated rings. The number of hydrogen-bond acceptors (Lipinski definition) is 5. The van der Waals surface area contributed by atoms with Crippen LogP contribution in [0.4, 0.5) is 0 Å². The van der Waals surface area contributed by atoms with Gasteiger partial charge in [0.25, 0.3) is 0 Å². The monoisotopic (exact) mass is 364 g/mol. The maximum atomic E-state index is 12.3.